The van der Waals surface area contributed by atoms with E-state index in [9.17, 15) is 9.90 Å². The molecule has 4 heteroatoms. The normalized spacial score (nSPS) is 11.9. The van der Waals surface area contributed by atoms with Crippen LogP contribution < -0.4 is 4.74 Å². The van der Waals surface area contributed by atoms with Crippen molar-refractivity contribution < 1.29 is 19.1 Å². The number of ether oxygens (including phenoxy) is 1. The molecule has 1 aromatic carbocycles. The van der Waals surface area contributed by atoms with Gasteiger partial charge in [0.25, 0.3) is 0 Å². The highest BCUT2D eigenvalue weighted by Crippen LogP contribution is 2.38. The molecular formula is C17H22O4. The quantitative estimate of drug-likeness (QED) is 0.907. The first-order valence-electron chi connectivity index (χ1n) is 7.16. The van der Waals surface area contributed by atoms with Crippen molar-refractivity contribution >= 4 is 16.9 Å². The Hall–Kier alpha value is -1.97. The van der Waals surface area contributed by atoms with Gasteiger partial charge in [-0.25, -0.2) is 4.79 Å². The predicted octanol–water partition coefficient (Wildman–Crippen LogP) is 4.39. The van der Waals surface area contributed by atoms with Gasteiger partial charge in [0.1, 0.15) is 11.3 Å². The fourth-order valence-corrected chi connectivity index (χ4v) is 2.57. The highest BCUT2D eigenvalue weighted by atomic mass is 16.5. The number of benzene rings is 1. The summed E-state index contributed by atoms with van der Waals surface area (Å²) in [6.45, 7) is 8.24. The molecule has 0 aliphatic rings. The fraction of sp³-hybridized carbons (Fsp3) is 0.471. The second-order valence-electron chi connectivity index (χ2n) is 6.27. The molecule has 0 saturated heterocycles. The average Bonchev–Trinajstić information content (AvgIpc) is 2.76. The maximum absolute atomic E-state index is 11.5. The monoisotopic (exact) mass is 290 g/mol. The summed E-state index contributed by atoms with van der Waals surface area (Å²) in [7, 11) is 1.62. The van der Waals surface area contributed by atoms with Crippen LogP contribution in [0.2, 0.25) is 0 Å². The van der Waals surface area contributed by atoms with Gasteiger partial charge in [-0.2, -0.15) is 0 Å². The van der Waals surface area contributed by atoms with Crippen LogP contribution in [0.4, 0.5) is 0 Å². The molecule has 1 heterocycles. The Bertz CT molecular complexity index is 674. The summed E-state index contributed by atoms with van der Waals surface area (Å²) in [6, 6.07) is 3.79. The maximum atomic E-state index is 11.5. The van der Waals surface area contributed by atoms with Crippen molar-refractivity contribution in [1.29, 1.82) is 0 Å². The van der Waals surface area contributed by atoms with Gasteiger partial charge in [0.15, 0.2) is 0 Å². The number of carboxylic acids is 1. The van der Waals surface area contributed by atoms with Gasteiger partial charge in [-0.05, 0) is 24.0 Å². The molecule has 4 nitrogen and oxygen atoms in total. The molecule has 0 spiro atoms. The minimum absolute atomic E-state index is 0.0469. The number of aromatic carboxylic acids is 1. The molecule has 0 saturated carbocycles. The lowest BCUT2D eigenvalue weighted by Gasteiger charge is -2.20. The lowest BCUT2D eigenvalue weighted by atomic mass is 9.85. The second kappa shape index (κ2) is 5.43. The molecule has 0 atom stereocenters. The summed E-state index contributed by atoms with van der Waals surface area (Å²) in [5, 5.41) is 10.2. The molecule has 1 N–H and O–H groups in total. The molecule has 0 amide bonds. The number of carbonyl (C=O) groups is 1. The molecule has 0 radical (unpaired) electrons. The number of carboxylic acid groups (broad SMARTS) is 1. The van der Waals surface area contributed by atoms with Gasteiger partial charge in [-0.3, -0.25) is 0 Å². The van der Waals surface area contributed by atoms with E-state index < -0.39 is 5.97 Å². The first-order chi connectivity index (χ1) is 9.79. The maximum Gasteiger partial charge on any atom is 0.372 e. The molecule has 2 aromatic rings. The molecule has 114 valence electrons. The van der Waals surface area contributed by atoms with Crippen LogP contribution in [0.1, 0.15) is 55.8 Å². The minimum Gasteiger partial charge on any atom is -0.497 e. The van der Waals surface area contributed by atoms with E-state index in [1.165, 1.54) is 0 Å². The van der Waals surface area contributed by atoms with Crippen LogP contribution in [0, 0.1) is 0 Å². The van der Waals surface area contributed by atoms with Crippen LogP contribution in [0.15, 0.2) is 16.5 Å². The molecule has 0 aliphatic carbocycles. The van der Waals surface area contributed by atoms with Gasteiger partial charge in [0.05, 0.1) is 7.11 Å². The summed E-state index contributed by atoms with van der Waals surface area (Å²) in [5.41, 5.74) is 2.21. The zero-order chi connectivity index (χ0) is 15.8. The summed E-state index contributed by atoms with van der Waals surface area (Å²) in [5.74, 6) is -0.249. The van der Waals surface area contributed by atoms with Crippen LogP contribution in [0.25, 0.3) is 11.0 Å². The number of aryl methyl sites for hydroxylation is 1. The standard InChI is InChI=1S/C17H22O4/c1-6-7-11-12-8-10(20-5)9-13(17(2,3)4)14(12)21-15(11)16(18)19/h8-9H,6-7H2,1-5H3,(H,18,19). The molecule has 0 bridgehead atoms. The van der Waals surface area contributed by atoms with Crippen molar-refractivity contribution in [2.24, 2.45) is 0 Å². The molecule has 21 heavy (non-hydrogen) atoms. The number of furan rings is 1. The average molecular weight is 290 g/mol. The number of rotatable bonds is 4. The van der Waals surface area contributed by atoms with Gasteiger partial charge in [0, 0.05) is 16.5 Å². The summed E-state index contributed by atoms with van der Waals surface area (Å²) in [6.07, 6.45) is 1.53. The van der Waals surface area contributed by atoms with Crippen LogP contribution in [-0.4, -0.2) is 18.2 Å². The SMILES string of the molecule is CCCc1c(C(=O)O)oc2c(C(C)(C)C)cc(OC)cc12. The smallest absolute Gasteiger partial charge is 0.372 e. The number of hydrogen-bond donors (Lipinski definition) is 1. The van der Waals surface area contributed by atoms with Crippen molar-refractivity contribution in [3.63, 3.8) is 0 Å². The zero-order valence-corrected chi connectivity index (χ0v) is 13.2. The van der Waals surface area contributed by atoms with E-state index in [0.29, 0.717) is 12.0 Å². The van der Waals surface area contributed by atoms with Crippen molar-refractivity contribution in [3.05, 3.63) is 29.0 Å². The topological polar surface area (TPSA) is 59.7 Å². The Kier molecular flexibility index (Phi) is 3.99. The van der Waals surface area contributed by atoms with Gasteiger partial charge < -0.3 is 14.3 Å². The van der Waals surface area contributed by atoms with E-state index in [2.05, 4.69) is 20.8 Å². The first-order valence-corrected chi connectivity index (χ1v) is 7.16. The lowest BCUT2D eigenvalue weighted by molar-refractivity contribution is 0.0663. The first kappa shape index (κ1) is 15.4. The van der Waals surface area contributed by atoms with Crippen LogP contribution in [-0.2, 0) is 11.8 Å². The van der Waals surface area contributed by atoms with Crippen molar-refractivity contribution in [2.75, 3.05) is 7.11 Å². The highest BCUT2D eigenvalue weighted by molar-refractivity contribution is 5.97. The van der Waals surface area contributed by atoms with E-state index in [-0.39, 0.29) is 11.2 Å². The van der Waals surface area contributed by atoms with Crippen LogP contribution in [0.5, 0.6) is 5.75 Å². The summed E-state index contributed by atoms with van der Waals surface area (Å²) < 4.78 is 11.1. The third-order valence-corrected chi connectivity index (χ3v) is 3.60. The molecular weight excluding hydrogens is 268 g/mol. The van der Waals surface area contributed by atoms with E-state index >= 15 is 0 Å². The fourth-order valence-electron chi connectivity index (χ4n) is 2.57. The highest BCUT2D eigenvalue weighted by Gasteiger charge is 2.26. The van der Waals surface area contributed by atoms with E-state index in [1.54, 1.807) is 7.11 Å². The number of methoxy groups -OCH3 is 1. The van der Waals surface area contributed by atoms with Gasteiger partial charge in [0.2, 0.25) is 5.76 Å². The molecule has 2 rings (SSSR count). The Balaban J connectivity index is 2.87. The van der Waals surface area contributed by atoms with Gasteiger partial charge >= 0.3 is 5.97 Å². The molecule has 1 aromatic heterocycles. The van der Waals surface area contributed by atoms with Crippen LogP contribution >= 0.6 is 0 Å². The summed E-state index contributed by atoms with van der Waals surface area (Å²) in [4.78, 5) is 11.5. The molecule has 0 aliphatic heterocycles. The van der Waals surface area contributed by atoms with Gasteiger partial charge in [-0.1, -0.05) is 34.1 Å². The molecule has 0 fully saturated rings. The van der Waals surface area contributed by atoms with Crippen LogP contribution in [0.3, 0.4) is 0 Å². The largest absolute Gasteiger partial charge is 0.497 e. The third-order valence-electron chi connectivity index (χ3n) is 3.60. The Morgan fingerprint density at radius 3 is 2.48 bits per heavy atom. The summed E-state index contributed by atoms with van der Waals surface area (Å²) >= 11 is 0. The van der Waals surface area contributed by atoms with E-state index in [4.69, 9.17) is 9.15 Å². The third kappa shape index (κ3) is 2.75. The van der Waals surface area contributed by atoms with Crippen molar-refractivity contribution in [1.82, 2.24) is 0 Å². The van der Waals surface area contributed by atoms with Gasteiger partial charge in [-0.15, -0.1) is 0 Å². The Labute approximate surface area is 124 Å². The Morgan fingerprint density at radius 2 is 2.00 bits per heavy atom. The Morgan fingerprint density at radius 1 is 1.33 bits per heavy atom. The molecule has 0 unspecified atom stereocenters. The van der Waals surface area contributed by atoms with E-state index in [1.807, 2.05) is 19.1 Å². The second-order valence-corrected chi connectivity index (χ2v) is 6.27. The predicted molar refractivity (Wildman–Crippen MR) is 82.4 cm³/mol. The van der Waals surface area contributed by atoms with E-state index in [0.717, 1.165) is 28.7 Å². The zero-order valence-electron chi connectivity index (χ0n) is 13.2. The van der Waals surface area contributed by atoms with Crippen molar-refractivity contribution in [2.45, 2.75) is 46.0 Å². The number of fused-ring (bicyclic) bond motifs is 1. The van der Waals surface area contributed by atoms with Crippen molar-refractivity contribution in [3.8, 4) is 5.75 Å². The number of hydrogen-bond acceptors (Lipinski definition) is 3. The lowest BCUT2D eigenvalue weighted by Crippen LogP contribution is -2.11. The minimum atomic E-state index is -1.02.